The molecule has 1 rings (SSSR count). The van der Waals surface area contributed by atoms with Crippen LogP contribution < -0.4 is 5.43 Å². The highest BCUT2D eigenvalue weighted by Gasteiger charge is 2.13. The molecule has 0 aromatic heterocycles. The number of allylic oxidation sites excluding steroid dienone is 1. The van der Waals surface area contributed by atoms with Crippen LogP contribution in [0.3, 0.4) is 0 Å². The van der Waals surface area contributed by atoms with Crippen LogP contribution in [0.4, 0.5) is 0 Å². The van der Waals surface area contributed by atoms with Crippen LogP contribution in [-0.2, 0) is 4.79 Å². The van der Waals surface area contributed by atoms with E-state index in [0.717, 1.165) is 11.3 Å². The first-order valence-corrected chi connectivity index (χ1v) is 6.64. The van der Waals surface area contributed by atoms with Crippen molar-refractivity contribution < 1.29 is 9.28 Å². The van der Waals surface area contributed by atoms with Crippen LogP contribution in [0.5, 0.6) is 0 Å². The van der Waals surface area contributed by atoms with Gasteiger partial charge >= 0.3 is 0 Å². The topological polar surface area (TPSA) is 41.5 Å². The third-order valence-corrected chi connectivity index (χ3v) is 2.57. The highest BCUT2D eigenvalue weighted by Crippen LogP contribution is 2.04. The Morgan fingerprint density at radius 3 is 2.40 bits per heavy atom. The average molecular weight is 274 g/mol. The van der Waals surface area contributed by atoms with Crippen LogP contribution >= 0.6 is 0 Å². The Hall–Kier alpha value is -1.94. The maximum absolute atomic E-state index is 11.6. The third-order valence-electron chi connectivity index (χ3n) is 2.57. The number of carbonyl (C=O) groups is 1. The van der Waals surface area contributed by atoms with E-state index >= 15 is 0 Å². The van der Waals surface area contributed by atoms with Crippen LogP contribution in [0.1, 0.15) is 18.1 Å². The Labute approximate surface area is 121 Å². The monoisotopic (exact) mass is 274 g/mol. The lowest BCUT2D eigenvalue weighted by molar-refractivity contribution is -0.862. The van der Waals surface area contributed by atoms with E-state index in [1.54, 1.807) is 0 Å². The Morgan fingerprint density at radius 1 is 1.25 bits per heavy atom. The number of hydrogen-bond acceptors (Lipinski definition) is 2. The fourth-order valence-corrected chi connectivity index (χ4v) is 1.55. The standard InChI is InChI=1S/C16H23N3O/c1-13-6-9-15(10-7-13)11-8-14(2)17-18-16(20)12-19(3,4)5/h6-11H,12H2,1-5H3/p+1/b11-8+,17-14+. The van der Waals surface area contributed by atoms with E-state index in [0.29, 0.717) is 11.0 Å². The molecule has 20 heavy (non-hydrogen) atoms. The second kappa shape index (κ2) is 7.01. The van der Waals surface area contributed by atoms with Crippen molar-refractivity contribution in [1.29, 1.82) is 0 Å². The second-order valence-electron chi connectivity index (χ2n) is 5.98. The van der Waals surface area contributed by atoms with Crippen molar-refractivity contribution in [2.45, 2.75) is 13.8 Å². The van der Waals surface area contributed by atoms with E-state index in [9.17, 15) is 4.79 Å². The summed E-state index contributed by atoms with van der Waals surface area (Å²) in [5, 5.41) is 4.06. The summed E-state index contributed by atoms with van der Waals surface area (Å²) < 4.78 is 0.583. The molecule has 0 spiro atoms. The molecular formula is C16H24N3O+. The smallest absolute Gasteiger partial charge is 0.295 e. The van der Waals surface area contributed by atoms with Gasteiger partial charge < -0.3 is 4.48 Å². The molecule has 0 saturated carbocycles. The Balaban J connectivity index is 2.53. The highest BCUT2D eigenvalue weighted by atomic mass is 16.2. The van der Waals surface area contributed by atoms with Crippen molar-refractivity contribution in [3.8, 4) is 0 Å². The van der Waals surface area contributed by atoms with Gasteiger partial charge in [0.25, 0.3) is 5.91 Å². The van der Waals surface area contributed by atoms with Crippen LogP contribution in [0.2, 0.25) is 0 Å². The van der Waals surface area contributed by atoms with E-state index < -0.39 is 0 Å². The van der Waals surface area contributed by atoms with Crippen LogP contribution in [0.15, 0.2) is 35.4 Å². The molecule has 0 atom stereocenters. The zero-order chi connectivity index (χ0) is 15.2. The van der Waals surface area contributed by atoms with Gasteiger partial charge in [-0.25, -0.2) is 5.43 Å². The Kier molecular flexibility index (Phi) is 5.65. The van der Waals surface area contributed by atoms with Crippen molar-refractivity contribution in [2.24, 2.45) is 5.10 Å². The third kappa shape index (κ3) is 6.85. The first-order valence-electron chi connectivity index (χ1n) is 6.64. The van der Waals surface area contributed by atoms with Gasteiger partial charge in [-0.15, -0.1) is 0 Å². The molecule has 1 aromatic carbocycles. The molecule has 4 nitrogen and oxygen atoms in total. The average Bonchev–Trinajstić information content (AvgIpc) is 2.33. The summed E-state index contributed by atoms with van der Waals surface area (Å²) in [5.74, 6) is -0.0828. The number of nitrogens with zero attached hydrogens (tertiary/aromatic N) is 2. The molecule has 0 aliphatic heterocycles. The number of quaternary nitrogens is 1. The summed E-state index contributed by atoms with van der Waals surface area (Å²) in [7, 11) is 5.90. The number of aryl methyl sites for hydroxylation is 1. The summed E-state index contributed by atoms with van der Waals surface area (Å²) in [6.07, 6.45) is 3.86. The number of hydrazone groups is 1. The van der Waals surface area contributed by atoms with Gasteiger partial charge in [-0.3, -0.25) is 4.79 Å². The summed E-state index contributed by atoms with van der Waals surface area (Å²) in [6.45, 7) is 4.32. The summed E-state index contributed by atoms with van der Waals surface area (Å²) in [4.78, 5) is 11.6. The van der Waals surface area contributed by atoms with Gasteiger partial charge in [0.15, 0.2) is 6.54 Å². The molecule has 0 radical (unpaired) electrons. The van der Waals surface area contributed by atoms with Gasteiger partial charge in [0.05, 0.1) is 26.9 Å². The SMILES string of the molecule is CC(/C=C/c1ccc(C)cc1)=N\NC(=O)C[N+](C)(C)C. The maximum Gasteiger partial charge on any atom is 0.295 e. The van der Waals surface area contributed by atoms with E-state index in [4.69, 9.17) is 0 Å². The quantitative estimate of drug-likeness (QED) is 0.499. The summed E-state index contributed by atoms with van der Waals surface area (Å²) in [6, 6.07) is 8.23. The fourth-order valence-electron chi connectivity index (χ4n) is 1.55. The fraction of sp³-hybridized carbons (Fsp3) is 0.375. The number of carbonyl (C=O) groups excluding carboxylic acids is 1. The zero-order valence-electron chi connectivity index (χ0n) is 13.0. The number of likely N-dealkylation sites (N-methyl/N-ethyl adjacent to an activating group) is 1. The molecule has 0 unspecified atom stereocenters. The molecule has 0 fully saturated rings. The number of nitrogens with one attached hydrogen (secondary N) is 1. The Bertz CT molecular complexity index is 508. The van der Waals surface area contributed by atoms with Gasteiger partial charge in [-0.2, -0.15) is 5.10 Å². The normalized spacial score (nSPS) is 12.8. The zero-order valence-corrected chi connectivity index (χ0v) is 13.0. The van der Waals surface area contributed by atoms with Crippen molar-refractivity contribution in [3.63, 3.8) is 0 Å². The Morgan fingerprint density at radius 2 is 1.85 bits per heavy atom. The maximum atomic E-state index is 11.6. The highest BCUT2D eigenvalue weighted by molar-refractivity contribution is 5.97. The van der Waals surface area contributed by atoms with Crippen molar-refractivity contribution in [1.82, 2.24) is 5.43 Å². The van der Waals surface area contributed by atoms with Gasteiger partial charge in [0.1, 0.15) is 0 Å². The molecular weight excluding hydrogens is 250 g/mol. The predicted molar refractivity (Wildman–Crippen MR) is 84.4 cm³/mol. The molecule has 0 aliphatic rings. The molecule has 1 aromatic rings. The molecule has 0 heterocycles. The summed E-state index contributed by atoms with van der Waals surface area (Å²) in [5.41, 5.74) is 5.68. The van der Waals surface area contributed by atoms with E-state index in [1.807, 2.05) is 40.2 Å². The molecule has 1 N–H and O–H groups in total. The molecule has 4 heteroatoms. The summed E-state index contributed by atoms with van der Waals surface area (Å²) >= 11 is 0. The number of benzene rings is 1. The largest absolute Gasteiger partial charge is 0.323 e. The van der Waals surface area contributed by atoms with E-state index in [-0.39, 0.29) is 5.91 Å². The first-order chi connectivity index (χ1) is 9.26. The first kappa shape index (κ1) is 16.1. The number of amides is 1. The number of hydrogen-bond donors (Lipinski definition) is 1. The number of rotatable bonds is 5. The molecule has 0 bridgehead atoms. The van der Waals surface area contributed by atoms with Crippen LogP contribution in [0, 0.1) is 6.92 Å². The molecule has 0 aliphatic carbocycles. The van der Waals surface area contributed by atoms with Gasteiger partial charge in [-0.05, 0) is 25.5 Å². The van der Waals surface area contributed by atoms with Gasteiger partial charge in [-0.1, -0.05) is 35.9 Å². The minimum Gasteiger partial charge on any atom is -0.323 e. The molecule has 0 saturated heterocycles. The van der Waals surface area contributed by atoms with E-state index in [1.165, 1.54) is 5.56 Å². The lowest BCUT2D eigenvalue weighted by atomic mass is 10.1. The minimum atomic E-state index is -0.0828. The molecule has 1 amide bonds. The van der Waals surface area contributed by atoms with Gasteiger partial charge in [0, 0.05) is 0 Å². The molecule has 108 valence electrons. The minimum absolute atomic E-state index is 0.0828. The van der Waals surface area contributed by atoms with Crippen molar-refractivity contribution in [2.75, 3.05) is 27.7 Å². The lowest BCUT2D eigenvalue weighted by Gasteiger charge is -2.22. The van der Waals surface area contributed by atoms with Crippen molar-refractivity contribution >= 4 is 17.7 Å². The van der Waals surface area contributed by atoms with Crippen LogP contribution in [-0.4, -0.2) is 43.8 Å². The van der Waals surface area contributed by atoms with Gasteiger partial charge in [0.2, 0.25) is 0 Å². The lowest BCUT2D eigenvalue weighted by Crippen LogP contribution is -2.43. The van der Waals surface area contributed by atoms with Crippen molar-refractivity contribution in [3.05, 3.63) is 41.5 Å². The van der Waals surface area contributed by atoms with E-state index in [2.05, 4.69) is 41.7 Å². The predicted octanol–water partition coefficient (Wildman–Crippen LogP) is 2.21. The second-order valence-corrected chi connectivity index (χ2v) is 5.98. The van der Waals surface area contributed by atoms with Crippen LogP contribution in [0.25, 0.3) is 6.08 Å².